The highest BCUT2D eigenvalue weighted by Gasteiger charge is 2.20. The number of piperazine rings is 1. The van der Waals surface area contributed by atoms with Gasteiger partial charge in [-0.05, 0) is 30.7 Å². The molecule has 0 aliphatic carbocycles. The molecule has 0 bridgehead atoms. The Balaban J connectivity index is 1.20. The molecule has 4 rings (SSSR count). The molecule has 31 heavy (non-hydrogen) atoms. The number of aryl methyl sites for hydroxylation is 1. The minimum atomic E-state index is -0.0869. The van der Waals surface area contributed by atoms with Crippen LogP contribution in [0.1, 0.15) is 27.3 Å². The van der Waals surface area contributed by atoms with Crippen molar-refractivity contribution >= 4 is 34.2 Å². The van der Waals surface area contributed by atoms with Crippen LogP contribution in [0.3, 0.4) is 0 Å². The summed E-state index contributed by atoms with van der Waals surface area (Å²) in [6.45, 7) is 7.26. The number of benzene rings is 2. The van der Waals surface area contributed by atoms with E-state index in [9.17, 15) is 4.79 Å². The zero-order valence-electron chi connectivity index (χ0n) is 17.6. The average molecular weight is 456 g/mol. The van der Waals surface area contributed by atoms with Gasteiger partial charge >= 0.3 is 0 Å². The summed E-state index contributed by atoms with van der Waals surface area (Å²) in [7, 11) is 0. The molecule has 0 unspecified atom stereocenters. The second kappa shape index (κ2) is 10.2. The van der Waals surface area contributed by atoms with Crippen LogP contribution in [0.4, 0.5) is 5.13 Å². The number of rotatable bonds is 7. The van der Waals surface area contributed by atoms with Crippen LogP contribution < -0.4 is 10.2 Å². The Morgan fingerprint density at radius 3 is 2.65 bits per heavy atom. The van der Waals surface area contributed by atoms with E-state index >= 15 is 0 Å². The van der Waals surface area contributed by atoms with Crippen molar-refractivity contribution < 1.29 is 4.79 Å². The Hall–Kier alpha value is -2.48. The molecule has 1 N–H and O–H groups in total. The molecule has 0 saturated carbocycles. The first kappa shape index (κ1) is 21.7. The summed E-state index contributed by atoms with van der Waals surface area (Å²) in [5.41, 5.74) is 3.09. The van der Waals surface area contributed by atoms with Gasteiger partial charge < -0.3 is 10.2 Å². The topological polar surface area (TPSA) is 61.4 Å². The molecule has 1 saturated heterocycles. The van der Waals surface area contributed by atoms with Crippen LogP contribution >= 0.6 is 23.1 Å². The highest BCUT2D eigenvalue weighted by Crippen LogP contribution is 2.20. The van der Waals surface area contributed by atoms with Gasteiger partial charge in [-0.25, -0.2) is 4.98 Å². The molecule has 6 nitrogen and oxygen atoms in total. The van der Waals surface area contributed by atoms with Crippen LogP contribution in [0.25, 0.3) is 0 Å². The van der Waals surface area contributed by atoms with E-state index in [2.05, 4.69) is 50.7 Å². The van der Waals surface area contributed by atoms with Gasteiger partial charge in [0.1, 0.15) is 5.82 Å². The summed E-state index contributed by atoms with van der Waals surface area (Å²) in [6.07, 6.45) is 0.767. The summed E-state index contributed by atoms with van der Waals surface area (Å²) >= 11 is 7.43. The van der Waals surface area contributed by atoms with Crippen molar-refractivity contribution in [2.24, 2.45) is 0 Å². The maximum absolute atomic E-state index is 12.2. The summed E-state index contributed by atoms with van der Waals surface area (Å²) < 4.78 is 4.55. The van der Waals surface area contributed by atoms with Crippen molar-refractivity contribution in [3.8, 4) is 0 Å². The standard InChI is InChI=1S/C23H26ClN5OS/c1-17-5-7-18(8-6-17)15-21-26-23(31-27-21)29-13-11-28(12-14-29)10-9-25-22(30)19-3-2-4-20(24)16-19/h2-8,16H,9-15H2,1H3,(H,25,30). The molecule has 1 aliphatic heterocycles. The molecule has 1 aromatic heterocycles. The molecule has 1 aliphatic rings. The predicted molar refractivity (Wildman–Crippen MR) is 126 cm³/mol. The smallest absolute Gasteiger partial charge is 0.251 e. The van der Waals surface area contributed by atoms with E-state index in [0.717, 1.165) is 50.1 Å². The fraction of sp³-hybridized carbons (Fsp3) is 0.348. The normalized spacial score (nSPS) is 14.6. The first-order chi connectivity index (χ1) is 15.1. The fourth-order valence-electron chi connectivity index (χ4n) is 3.56. The molecule has 1 fully saturated rings. The molecule has 3 aromatic rings. The number of anilines is 1. The van der Waals surface area contributed by atoms with E-state index in [1.165, 1.54) is 22.7 Å². The lowest BCUT2D eigenvalue weighted by molar-refractivity contribution is 0.0948. The van der Waals surface area contributed by atoms with Crippen molar-refractivity contribution in [1.82, 2.24) is 19.6 Å². The second-order valence-electron chi connectivity index (χ2n) is 7.75. The Morgan fingerprint density at radius 1 is 1.13 bits per heavy atom. The quantitative estimate of drug-likeness (QED) is 0.589. The van der Waals surface area contributed by atoms with Gasteiger partial charge in [0.2, 0.25) is 5.13 Å². The number of nitrogens with one attached hydrogen (secondary N) is 1. The second-order valence-corrected chi connectivity index (χ2v) is 8.92. The third-order valence-corrected chi connectivity index (χ3v) is 6.43. The van der Waals surface area contributed by atoms with E-state index in [1.54, 1.807) is 24.3 Å². The molecule has 2 heterocycles. The van der Waals surface area contributed by atoms with Gasteiger partial charge in [0.25, 0.3) is 5.91 Å². The summed E-state index contributed by atoms with van der Waals surface area (Å²) in [4.78, 5) is 21.6. The van der Waals surface area contributed by atoms with E-state index < -0.39 is 0 Å². The van der Waals surface area contributed by atoms with Gasteiger partial charge in [-0.3, -0.25) is 9.69 Å². The number of aromatic nitrogens is 2. The van der Waals surface area contributed by atoms with Crippen molar-refractivity contribution in [1.29, 1.82) is 0 Å². The van der Waals surface area contributed by atoms with Crippen molar-refractivity contribution in [3.63, 3.8) is 0 Å². The molecule has 8 heteroatoms. The van der Waals surface area contributed by atoms with Crippen molar-refractivity contribution in [3.05, 3.63) is 76.1 Å². The number of hydrogen-bond donors (Lipinski definition) is 1. The van der Waals surface area contributed by atoms with Crippen molar-refractivity contribution in [2.45, 2.75) is 13.3 Å². The maximum Gasteiger partial charge on any atom is 0.251 e. The first-order valence-corrected chi connectivity index (χ1v) is 11.6. The maximum atomic E-state index is 12.2. The van der Waals surface area contributed by atoms with Crippen LogP contribution in [0, 0.1) is 6.92 Å². The molecule has 0 radical (unpaired) electrons. The number of carbonyl (C=O) groups excluding carboxylic acids is 1. The number of amides is 1. The molecule has 0 spiro atoms. The lowest BCUT2D eigenvalue weighted by atomic mass is 10.1. The van der Waals surface area contributed by atoms with Gasteiger partial charge in [-0.2, -0.15) is 4.37 Å². The number of halogens is 1. The first-order valence-electron chi connectivity index (χ1n) is 10.5. The Bertz CT molecular complexity index is 1010. The Labute approximate surface area is 192 Å². The van der Waals surface area contributed by atoms with E-state index in [-0.39, 0.29) is 5.91 Å². The summed E-state index contributed by atoms with van der Waals surface area (Å²) in [6, 6.07) is 15.5. The zero-order chi connectivity index (χ0) is 21.6. The number of hydrogen-bond acceptors (Lipinski definition) is 6. The minimum Gasteiger partial charge on any atom is -0.351 e. The van der Waals surface area contributed by atoms with Crippen LogP contribution in [0.2, 0.25) is 5.02 Å². The predicted octanol–water partition coefficient (Wildman–Crippen LogP) is 3.64. The average Bonchev–Trinajstić information content (AvgIpc) is 3.24. The number of carbonyl (C=O) groups is 1. The van der Waals surface area contributed by atoms with Crippen LogP contribution in [-0.2, 0) is 6.42 Å². The van der Waals surface area contributed by atoms with Crippen LogP contribution in [0.15, 0.2) is 48.5 Å². The largest absolute Gasteiger partial charge is 0.351 e. The monoisotopic (exact) mass is 455 g/mol. The highest BCUT2D eigenvalue weighted by atomic mass is 35.5. The van der Waals surface area contributed by atoms with Gasteiger partial charge in [0, 0.05) is 67.8 Å². The van der Waals surface area contributed by atoms with Crippen molar-refractivity contribution in [2.75, 3.05) is 44.2 Å². The van der Waals surface area contributed by atoms with Crippen LogP contribution in [0.5, 0.6) is 0 Å². The summed E-state index contributed by atoms with van der Waals surface area (Å²) in [5, 5.41) is 4.54. The molecule has 0 atom stereocenters. The zero-order valence-corrected chi connectivity index (χ0v) is 19.1. The van der Waals surface area contributed by atoms with Gasteiger partial charge in [0.15, 0.2) is 0 Å². The minimum absolute atomic E-state index is 0.0869. The molecular weight excluding hydrogens is 430 g/mol. The molecule has 2 aromatic carbocycles. The highest BCUT2D eigenvalue weighted by molar-refractivity contribution is 7.09. The third-order valence-electron chi connectivity index (χ3n) is 5.38. The molecule has 1 amide bonds. The third kappa shape index (κ3) is 6.03. The summed E-state index contributed by atoms with van der Waals surface area (Å²) in [5.74, 6) is 0.797. The Kier molecular flexibility index (Phi) is 7.17. The van der Waals surface area contributed by atoms with Gasteiger partial charge in [0.05, 0.1) is 0 Å². The number of nitrogens with zero attached hydrogens (tertiary/aromatic N) is 4. The molecular formula is C23H26ClN5OS. The van der Waals surface area contributed by atoms with Gasteiger partial charge in [-0.15, -0.1) is 0 Å². The molecule has 162 valence electrons. The van der Waals surface area contributed by atoms with Gasteiger partial charge in [-0.1, -0.05) is 47.5 Å². The van der Waals surface area contributed by atoms with E-state index in [0.29, 0.717) is 17.1 Å². The fourth-order valence-corrected chi connectivity index (χ4v) is 4.48. The Morgan fingerprint density at radius 2 is 1.90 bits per heavy atom. The van der Waals surface area contributed by atoms with E-state index in [4.69, 9.17) is 16.6 Å². The lowest BCUT2D eigenvalue weighted by Crippen LogP contribution is -2.48. The lowest BCUT2D eigenvalue weighted by Gasteiger charge is -2.34. The SMILES string of the molecule is Cc1ccc(Cc2nsc(N3CCN(CCNC(=O)c4cccc(Cl)c4)CC3)n2)cc1. The van der Waals surface area contributed by atoms with E-state index in [1.807, 2.05) is 0 Å². The van der Waals surface area contributed by atoms with Crippen LogP contribution in [-0.4, -0.2) is 59.4 Å².